The van der Waals surface area contributed by atoms with Crippen LogP contribution in [0.5, 0.6) is 0 Å². The topological polar surface area (TPSA) is 49.7 Å². The highest BCUT2D eigenvalue weighted by molar-refractivity contribution is 5.83. The summed E-state index contributed by atoms with van der Waals surface area (Å²) in [5, 5.41) is 8.96. The lowest BCUT2D eigenvalue weighted by Gasteiger charge is -2.05. The first-order valence-corrected chi connectivity index (χ1v) is 5.55. The minimum atomic E-state index is -0.847. The predicted molar refractivity (Wildman–Crippen MR) is 65.0 cm³/mol. The van der Waals surface area contributed by atoms with E-state index in [0.29, 0.717) is 6.42 Å². The maximum Gasteiger partial charge on any atom is 0.328 e. The molecule has 0 aromatic heterocycles. The highest BCUT2D eigenvalue weighted by Gasteiger charge is 2.13. The van der Waals surface area contributed by atoms with Crippen molar-refractivity contribution in [2.45, 2.75) is 32.2 Å². The average molecular weight is 219 g/mol. The van der Waals surface area contributed by atoms with E-state index in [1.54, 1.807) is 6.21 Å². The number of carboxylic acid groups (broad SMARTS) is 1. The van der Waals surface area contributed by atoms with E-state index in [4.69, 9.17) is 5.11 Å². The first-order chi connectivity index (χ1) is 7.74. The molecule has 0 saturated carbocycles. The molecule has 16 heavy (non-hydrogen) atoms. The molecule has 1 rings (SSSR count). The fourth-order valence-electron chi connectivity index (χ4n) is 1.37. The second-order valence-corrected chi connectivity index (χ2v) is 3.69. The van der Waals surface area contributed by atoms with E-state index in [0.717, 1.165) is 18.4 Å². The van der Waals surface area contributed by atoms with Crippen molar-refractivity contribution in [3.05, 3.63) is 35.9 Å². The van der Waals surface area contributed by atoms with Crippen LogP contribution in [-0.4, -0.2) is 23.3 Å². The maximum absolute atomic E-state index is 10.9. The summed E-state index contributed by atoms with van der Waals surface area (Å²) in [6.07, 6.45) is 4.12. The maximum atomic E-state index is 10.9. The van der Waals surface area contributed by atoms with Gasteiger partial charge in [-0.05, 0) is 12.0 Å². The molecule has 0 bridgehead atoms. The molecule has 1 unspecified atom stereocenters. The standard InChI is InChI=1S/C13H17NO2/c1-2-3-9-12(13(15)16)14-10-11-7-5-4-6-8-11/h4-8,10,12H,2-3,9H2,1H3,(H,15,16). The molecule has 1 aromatic rings. The summed E-state index contributed by atoms with van der Waals surface area (Å²) in [5.41, 5.74) is 0.935. The number of rotatable bonds is 6. The molecular formula is C13H17NO2. The van der Waals surface area contributed by atoms with Gasteiger partial charge in [0.1, 0.15) is 6.04 Å². The summed E-state index contributed by atoms with van der Waals surface area (Å²) in [6, 6.07) is 8.93. The molecule has 1 N–H and O–H groups in total. The van der Waals surface area contributed by atoms with E-state index in [1.165, 1.54) is 0 Å². The van der Waals surface area contributed by atoms with Crippen molar-refractivity contribution in [3.63, 3.8) is 0 Å². The minimum Gasteiger partial charge on any atom is -0.480 e. The summed E-state index contributed by atoms with van der Waals surface area (Å²) in [6.45, 7) is 2.04. The molecule has 0 radical (unpaired) electrons. The number of carboxylic acids is 1. The summed E-state index contributed by atoms with van der Waals surface area (Å²) in [5.74, 6) is -0.847. The molecule has 3 heteroatoms. The molecule has 0 heterocycles. The number of unbranched alkanes of at least 4 members (excludes halogenated alkanes) is 1. The van der Waals surface area contributed by atoms with Gasteiger partial charge in [-0.1, -0.05) is 50.1 Å². The first kappa shape index (κ1) is 12.4. The molecule has 0 aliphatic carbocycles. The molecule has 0 aliphatic heterocycles. The molecule has 0 fully saturated rings. The monoisotopic (exact) mass is 219 g/mol. The highest BCUT2D eigenvalue weighted by Crippen LogP contribution is 2.05. The fourth-order valence-corrected chi connectivity index (χ4v) is 1.37. The number of nitrogens with zero attached hydrogens (tertiary/aromatic N) is 1. The molecule has 0 aliphatic rings. The van der Waals surface area contributed by atoms with Crippen molar-refractivity contribution in [2.24, 2.45) is 4.99 Å². The molecule has 86 valence electrons. The first-order valence-electron chi connectivity index (χ1n) is 5.55. The minimum absolute atomic E-state index is 0.606. The smallest absolute Gasteiger partial charge is 0.328 e. The number of benzene rings is 1. The van der Waals surface area contributed by atoms with Crippen LogP contribution in [0.25, 0.3) is 0 Å². The van der Waals surface area contributed by atoms with E-state index in [9.17, 15) is 4.79 Å². The lowest BCUT2D eigenvalue weighted by atomic mass is 10.1. The second kappa shape index (κ2) is 6.77. The zero-order chi connectivity index (χ0) is 11.8. The van der Waals surface area contributed by atoms with Crippen molar-refractivity contribution in [1.82, 2.24) is 0 Å². The van der Waals surface area contributed by atoms with Crippen LogP contribution >= 0.6 is 0 Å². The Labute approximate surface area is 95.8 Å². The summed E-state index contributed by atoms with van der Waals surface area (Å²) < 4.78 is 0. The quantitative estimate of drug-likeness (QED) is 0.748. The number of aliphatic imine (C=N–C) groups is 1. The van der Waals surface area contributed by atoms with Gasteiger partial charge < -0.3 is 5.11 Å². The van der Waals surface area contributed by atoms with Crippen molar-refractivity contribution in [3.8, 4) is 0 Å². The van der Waals surface area contributed by atoms with E-state index in [1.807, 2.05) is 37.3 Å². The molecule has 0 spiro atoms. The van der Waals surface area contributed by atoms with E-state index in [2.05, 4.69) is 4.99 Å². The van der Waals surface area contributed by atoms with Crippen LogP contribution in [0.1, 0.15) is 31.7 Å². The van der Waals surface area contributed by atoms with E-state index < -0.39 is 12.0 Å². The zero-order valence-corrected chi connectivity index (χ0v) is 9.47. The second-order valence-electron chi connectivity index (χ2n) is 3.69. The van der Waals surface area contributed by atoms with Crippen LogP contribution in [0, 0.1) is 0 Å². The van der Waals surface area contributed by atoms with Crippen LogP contribution in [0.15, 0.2) is 35.3 Å². The fraction of sp³-hybridized carbons (Fsp3) is 0.385. The van der Waals surface area contributed by atoms with Gasteiger partial charge in [0.25, 0.3) is 0 Å². The largest absolute Gasteiger partial charge is 0.480 e. The van der Waals surface area contributed by atoms with E-state index in [-0.39, 0.29) is 0 Å². The highest BCUT2D eigenvalue weighted by atomic mass is 16.4. The van der Waals surface area contributed by atoms with E-state index >= 15 is 0 Å². The van der Waals surface area contributed by atoms with Crippen molar-refractivity contribution in [1.29, 1.82) is 0 Å². The van der Waals surface area contributed by atoms with Gasteiger partial charge in [-0.3, -0.25) is 4.99 Å². The van der Waals surface area contributed by atoms with Gasteiger partial charge in [0, 0.05) is 6.21 Å². The zero-order valence-electron chi connectivity index (χ0n) is 9.47. The lowest BCUT2D eigenvalue weighted by molar-refractivity contribution is -0.138. The van der Waals surface area contributed by atoms with Crippen molar-refractivity contribution in [2.75, 3.05) is 0 Å². The van der Waals surface area contributed by atoms with Crippen LogP contribution in [0.4, 0.5) is 0 Å². The Morgan fingerprint density at radius 3 is 2.69 bits per heavy atom. The van der Waals surface area contributed by atoms with Gasteiger partial charge in [0.15, 0.2) is 0 Å². The molecule has 0 saturated heterocycles. The lowest BCUT2D eigenvalue weighted by Crippen LogP contribution is -2.17. The SMILES string of the molecule is CCCCC(N=Cc1ccccc1)C(=O)O. The van der Waals surface area contributed by atoms with Gasteiger partial charge in [0.05, 0.1) is 0 Å². The summed E-state index contributed by atoms with van der Waals surface area (Å²) in [4.78, 5) is 15.0. The van der Waals surface area contributed by atoms with Gasteiger partial charge in [-0.15, -0.1) is 0 Å². The molecular weight excluding hydrogens is 202 g/mol. The molecule has 3 nitrogen and oxygen atoms in total. The molecule has 1 atom stereocenters. The number of hydrogen-bond donors (Lipinski definition) is 1. The summed E-state index contributed by atoms with van der Waals surface area (Å²) >= 11 is 0. The van der Waals surface area contributed by atoms with Crippen LogP contribution in [-0.2, 0) is 4.79 Å². The predicted octanol–water partition coefficient (Wildman–Crippen LogP) is 2.75. The van der Waals surface area contributed by atoms with Crippen molar-refractivity contribution < 1.29 is 9.90 Å². The molecule has 0 amide bonds. The van der Waals surface area contributed by atoms with Gasteiger partial charge in [-0.2, -0.15) is 0 Å². The summed E-state index contributed by atoms with van der Waals surface area (Å²) in [7, 11) is 0. The Kier molecular flexibility index (Phi) is 5.26. The number of carbonyl (C=O) groups is 1. The number of aliphatic carboxylic acids is 1. The van der Waals surface area contributed by atoms with Crippen molar-refractivity contribution >= 4 is 12.2 Å². The van der Waals surface area contributed by atoms with Gasteiger partial charge in [0.2, 0.25) is 0 Å². The van der Waals surface area contributed by atoms with Crippen LogP contribution in [0.3, 0.4) is 0 Å². The number of hydrogen-bond acceptors (Lipinski definition) is 2. The van der Waals surface area contributed by atoms with Gasteiger partial charge in [-0.25, -0.2) is 4.79 Å². The molecule has 1 aromatic carbocycles. The normalized spacial score (nSPS) is 12.8. The Morgan fingerprint density at radius 1 is 1.44 bits per heavy atom. The third-order valence-corrected chi connectivity index (χ3v) is 2.32. The van der Waals surface area contributed by atoms with Gasteiger partial charge >= 0.3 is 5.97 Å². The third kappa shape index (κ3) is 4.26. The van der Waals surface area contributed by atoms with Crippen LogP contribution in [0.2, 0.25) is 0 Å². The average Bonchev–Trinajstić information content (AvgIpc) is 2.30. The third-order valence-electron chi connectivity index (χ3n) is 2.32. The van der Waals surface area contributed by atoms with Crippen LogP contribution < -0.4 is 0 Å². The Hall–Kier alpha value is -1.64. The Morgan fingerprint density at radius 2 is 2.12 bits per heavy atom. The Balaban J connectivity index is 2.61. The Bertz CT molecular complexity index is 346.